The molecule has 1 aromatic heterocycles. The number of rotatable bonds is 5. The molecule has 4 heterocycles. The second kappa shape index (κ2) is 11.5. The quantitative estimate of drug-likeness (QED) is 0.366. The Morgan fingerprint density at radius 2 is 1.91 bits per heavy atom. The summed E-state index contributed by atoms with van der Waals surface area (Å²) in [7, 11) is 2.11. The van der Waals surface area contributed by atoms with Gasteiger partial charge in [0.15, 0.2) is 5.75 Å². The molecule has 0 unspecified atom stereocenters. The van der Waals surface area contributed by atoms with Crippen molar-refractivity contribution in [2.75, 3.05) is 44.7 Å². The summed E-state index contributed by atoms with van der Waals surface area (Å²) in [6, 6.07) is 4.44. The molecule has 3 atom stereocenters. The number of hydrogen-bond donors (Lipinski definition) is 0. The van der Waals surface area contributed by atoms with Crippen molar-refractivity contribution in [1.29, 1.82) is 0 Å². The van der Waals surface area contributed by atoms with Crippen molar-refractivity contribution in [1.82, 2.24) is 19.4 Å². The average molecular weight is 612 g/mol. The number of halogens is 3. The third-order valence-corrected chi connectivity index (χ3v) is 9.54. The van der Waals surface area contributed by atoms with Crippen LogP contribution in [0.5, 0.6) is 5.75 Å². The topological polar surface area (TPSA) is 70.9 Å². The zero-order valence-electron chi connectivity index (χ0n) is 24.7. The summed E-state index contributed by atoms with van der Waals surface area (Å²) in [6.07, 6.45) is 4.11. The number of piperidine rings is 1. The molecule has 1 amide bonds. The Morgan fingerprint density at radius 1 is 1.16 bits per heavy atom. The molecule has 11 heteroatoms. The van der Waals surface area contributed by atoms with Crippen LogP contribution in [-0.4, -0.2) is 77.2 Å². The normalized spacial score (nSPS) is 23.0. The minimum absolute atomic E-state index is 0.0907. The molecule has 2 fully saturated rings. The first-order valence-electron chi connectivity index (χ1n) is 14.8. The van der Waals surface area contributed by atoms with Gasteiger partial charge >= 0.3 is 5.69 Å². The number of hydrogen-bond acceptors (Lipinski definition) is 6. The molecular weight excluding hydrogens is 576 g/mol. The molecule has 8 nitrogen and oxygen atoms in total. The van der Waals surface area contributed by atoms with Crippen LogP contribution in [0.1, 0.15) is 39.2 Å². The van der Waals surface area contributed by atoms with E-state index in [1.54, 1.807) is 15.5 Å². The largest absolute Gasteiger partial charge is 0.488 e. The third kappa shape index (κ3) is 5.29. The van der Waals surface area contributed by atoms with Crippen LogP contribution >= 0.6 is 11.6 Å². The number of anilines is 1. The molecule has 0 saturated carbocycles. The van der Waals surface area contributed by atoms with Crippen LogP contribution in [-0.2, 0) is 4.79 Å². The highest BCUT2D eigenvalue weighted by Gasteiger charge is 2.37. The molecule has 3 aliphatic heterocycles. The van der Waals surface area contributed by atoms with Gasteiger partial charge in [-0.05, 0) is 83.4 Å². The molecule has 3 aliphatic rings. The predicted octanol–water partition coefficient (Wildman–Crippen LogP) is 5.27. The molecule has 43 heavy (non-hydrogen) atoms. The number of carbonyl (C=O) groups is 1. The zero-order valence-corrected chi connectivity index (χ0v) is 25.4. The first-order chi connectivity index (χ1) is 20.6. The van der Waals surface area contributed by atoms with Crippen molar-refractivity contribution < 1.29 is 18.3 Å². The van der Waals surface area contributed by atoms with Gasteiger partial charge in [0.2, 0.25) is 5.91 Å². The second-order valence-corrected chi connectivity index (χ2v) is 12.6. The molecule has 0 aliphatic carbocycles. The van der Waals surface area contributed by atoms with Gasteiger partial charge in [-0.2, -0.15) is 4.98 Å². The standard InChI is InChI=1S/C32H36ClF2N5O3/c1-5-27(41)38-15-19(3)39(16-18(38)2)31-24-14-25(33)28(23-7-6-21(34)13-26(23)35)30-29(24)40(32(42)36-31)22(17-43-30)12-20-8-10-37(4)11-9-20/h5-7,13-14,18-20,22H,1,8-12,15-17H2,2-4H3/t18-,19+,22+/m1/s1. The fourth-order valence-electron chi connectivity index (χ4n) is 6.92. The van der Waals surface area contributed by atoms with Crippen molar-refractivity contribution in [3.05, 3.63) is 64.1 Å². The predicted molar refractivity (Wildman–Crippen MR) is 164 cm³/mol. The SMILES string of the molecule is C=CC(=O)N1C[C@H](C)N(c2nc(=O)n3c4c(c(-c5ccc(F)cc5F)c(Cl)cc24)OC[C@@H]3CC2CCN(C)CC2)C[C@H]1C. The number of nitrogens with zero attached hydrogens (tertiary/aromatic N) is 5. The maximum absolute atomic E-state index is 15.2. The van der Waals surface area contributed by atoms with Gasteiger partial charge in [0.25, 0.3) is 0 Å². The Bertz CT molecular complexity index is 1650. The number of ether oxygens (including phenoxy) is 1. The molecule has 6 rings (SSSR count). The summed E-state index contributed by atoms with van der Waals surface area (Å²) >= 11 is 6.87. The molecule has 3 aromatic rings. The van der Waals surface area contributed by atoms with Gasteiger partial charge in [-0.25, -0.2) is 13.6 Å². The minimum atomic E-state index is -0.775. The molecule has 228 valence electrons. The van der Waals surface area contributed by atoms with Gasteiger partial charge in [0.1, 0.15) is 24.1 Å². The Morgan fingerprint density at radius 3 is 2.60 bits per heavy atom. The van der Waals surface area contributed by atoms with Gasteiger partial charge in [-0.1, -0.05) is 18.2 Å². The summed E-state index contributed by atoms with van der Waals surface area (Å²) in [4.78, 5) is 37.2. The Hall–Kier alpha value is -3.50. The van der Waals surface area contributed by atoms with E-state index in [1.165, 1.54) is 18.2 Å². The van der Waals surface area contributed by atoms with Gasteiger partial charge in [0.05, 0.1) is 16.6 Å². The summed E-state index contributed by atoms with van der Waals surface area (Å²) in [6.45, 7) is 10.6. The highest BCUT2D eigenvalue weighted by Crippen LogP contribution is 2.48. The second-order valence-electron chi connectivity index (χ2n) is 12.2. The molecular formula is C32H36ClF2N5O3. The fourth-order valence-corrected chi connectivity index (χ4v) is 7.22. The van der Waals surface area contributed by atoms with Crippen LogP contribution in [0.2, 0.25) is 5.02 Å². The van der Waals surface area contributed by atoms with E-state index in [0.717, 1.165) is 38.4 Å². The Kier molecular flexibility index (Phi) is 7.93. The molecule has 0 radical (unpaired) electrons. The molecule has 0 spiro atoms. The van der Waals surface area contributed by atoms with Crippen LogP contribution in [0.15, 0.2) is 41.7 Å². The van der Waals surface area contributed by atoms with Gasteiger partial charge in [0, 0.05) is 47.8 Å². The highest BCUT2D eigenvalue weighted by molar-refractivity contribution is 6.35. The smallest absolute Gasteiger partial charge is 0.350 e. The Balaban J connectivity index is 1.53. The molecule has 2 saturated heterocycles. The van der Waals surface area contributed by atoms with Crippen molar-refractivity contribution in [2.24, 2.45) is 5.92 Å². The lowest BCUT2D eigenvalue weighted by Gasteiger charge is -2.45. The van der Waals surface area contributed by atoms with Crippen LogP contribution < -0.4 is 15.3 Å². The van der Waals surface area contributed by atoms with Crippen LogP contribution in [0.3, 0.4) is 0 Å². The van der Waals surface area contributed by atoms with Crippen molar-refractivity contribution in [2.45, 2.75) is 51.2 Å². The van der Waals surface area contributed by atoms with E-state index >= 15 is 4.39 Å². The lowest BCUT2D eigenvalue weighted by atomic mass is 9.89. The van der Waals surface area contributed by atoms with Crippen LogP contribution in [0.25, 0.3) is 22.0 Å². The van der Waals surface area contributed by atoms with E-state index < -0.39 is 17.3 Å². The Labute approximate surface area is 254 Å². The first-order valence-corrected chi connectivity index (χ1v) is 15.2. The molecule has 2 aromatic carbocycles. The number of aromatic nitrogens is 2. The lowest BCUT2D eigenvalue weighted by molar-refractivity contribution is -0.128. The van der Waals surface area contributed by atoms with E-state index in [9.17, 15) is 14.0 Å². The number of amides is 1. The van der Waals surface area contributed by atoms with Gasteiger partial charge in [-0.15, -0.1) is 0 Å². The first kappa shape index (κ1) is 29.6. The minimum Gasteiger partial charge on any atom is -0.488 e. The number of likely N-dealkylation sites (tertiary alicyclic amines) is 1. The summed E-state index contributed by atoms with van der Waals surface area (Å²) in [5, 5.41) is 0.817. The van der Waals surface area contributed by atoms with E-state index in [1.807, 2.05) is 18.7 Å². The fraction of sp³-hybridized carbons (Fsp3) is 0.469. The maximum Gasteiger partial charge on any atom is 0.350 e. The van der Waals surface area contributed by atoms with Crippen LogP contribution in [0, 0.1) is 17.6 Å². The van der Waals surface area contributed by atoms with E-state index in [0.29, 0.717) is 35.7 Å². The van der Waals surface area contributed by atoms with Crippen molar-refractivity contribution in [3.8, 4) is 16.9 Å². The number of carbonyl (C=O) groups excluding carboxylic acids is 1. The average Bonchev–Trinajstić information content (AvgIpc) is 2.97. The lowest BCUT2D eigenvalue weighted by Crippen LogP contribution is -2.58. The van der Waals surface area contributed by atoms with E-state index in [2.05, 4.69) is 23.5 Å². The van der Waals surface area contributed by atoms with Crippen molar-refractivity contribution in [3.63, 3.8) is 0 Å². The van der Waals surface area contributed by atoms with Crippen LogP contribution in [0.4, 0.5) is 14.6 Å². The maximum atomic E-state index is 15.2. The molecule has 0 N–H and O–H groups in total. The molecule has 0 bridgehead atoms. The number of benzene rings is 2. The monoisotopic (exact) mass is 611 g/mol. The van der Waals surface area contributed by atoms with E-state index in [4.69, 9.17) is 16.3 Å². The van der Waals surface area contributed by atoms with Gasteiger partial charge in [-0.3, -0.25) is 9.36 Å². The van der Waals surface area contributed by atoms with Gasteiger partial charge < -0.3 is 19.4 Å². The zero-order chi connectivity index (χ0) is 30.6. The van der Waals surface area contributed by atoms with Crippen molar-refractivity contribution >= 4 is 34.2 Å². The highest BCUT2D eigenvalue weighted by atomic mass is 35.5. The summed E-state index contributed by atoms with van der Waals surface area (Å²) in [5.74, 6) is -0.475. The summed E-state index contributed by atoms with van der Waals surface area (Å²) in [5.41, 5.74) is 0.458. The van der Waals surface area contributed by atoms with E-state index in [-0.39, 0.29) is 52.5 Å². The third-order valence-electron chi connectivity index (χ3n) is 9.24. The number of piperazine rings is 1. The summed E-state index contributed by atoms with van der Waals surface area (Å²) < 4.78 is 37.1.